The summed E-state index contributed by atoms with van der Waals surface area (Å²) < 4.78 is 5.52. The molecule has 3 aliphatic rings. The van der Waals surface area contributed by atoms with Crippen molar-refractivity contribution in [3.05, 3.63) is 59.4 Å². The van der Waals surface area contributed by atoms with Gasteiger partial charge in [0, 0.05) is 43.2 Å². The fourth-order valence-electron chi connectivity index (χ4n) is 5.45. The van der Waals surface area contributed by atoms with E-state index in [0.29, 0.717) is 29.7 Å². The van der Waals surface area contributed by atoms with E-state index in [0.717, 1.165) is 55.0 Å². The van der Waals surface area contributed by atoms with Crippen LogP contribution in [-0.4, -0.2) is 59.3 Å². The van der Waals surface area contributed by atoms with E-state index >= 15 is 0 Å². The van der Waals surface area contributed by atoms with E-state index in [4.69, 9.17) is 28.9 Å². The molecule has 5 rings (SSSR count). The van der Waals surface area contributed by atoms with Crippen LogP contribution >= 0.6 is 12.2 Å². The molecule has 2 aromatic carbocycles. The average Bonchev–Trinajstić information content (AvgIpc) is 3.10. The number of carbonyl (C=O) groups excluding carboxylic acids is 1. The summed E-state index contributed by atoms with van der Waals surface area (Å²) in [5.74, 6) is 0.506. The number of anilines is 3. The fourth-order valence-corrected chi connectivity index (χ4v) is 5.93. The van der Waals surface area contributed by atoms with E-state index in [-0.39, 0.29) is 6.09 Å². The van der Waals surface area contributed by atoms with Crippen molar-refractivity contribution in [1.29, 1.82) is 5.41 Å². The minimum absolute atomic E-state index is 0.258. The normalized spacial score (nSPS) is 19.0. The van der Waals surface area contributed by atoms with Gasteiger partial charge < -0.3 is 19.4 Å². The summed E-state index contributed by atoms with van der Waals surface area (Å²) in [5.41, 5.74) is 3.48. The van der Waals surface area contributed by atoms with Gasteiger partial charge in [-0.05, 0) is 101 Å². The first-order valence-electron chi connectivity index (χ1n) is 13.1. The molecule has 8 nitrogen and oxygen atoms in total. The zero-order valence-electron chi connectivity index (χ0n) is 22.5. The smallest absolute Gasteiger partial charge is 0.410 e. The summed E-state index contributed by atoms with van der Waals surface area (Å²) in [6.07, 6.45) is 2.57. The zero-order valence-corrected chi connectivity index (χ0v) is 23.3. The summed E-state index contributed by atoms with van der Waals surface area (Å²) in [6.45, 7) is 17.6. The summed E-state index contributed by atoms with van der Waals surface area (Å²) in [4.78, 5) is 24.0. The van der Waals surface area contributed by atoms with Gasteiger partial charge in [0.15, 0.2) is 10.8 Å². The van der Waals surface area contributed by atoms with Gasteiger partial charge in [-0.2, -0.15) is 0 Å². The number of piperazine rings is 1. The Morgan fingerprint density at radius 1 is 1.03 bits per heavy atom. The van der Waals surface area contributed by atoms with Crippen LogP contribution in [0.25, 0.3) is 4.85 Å². The highest BCUT2D eigenvalue weighted by atomic mass is 32.1. The van der Waals surface area contributed by atoms with Crippen LogP contribution in [0.3, 0.4) is 0 Å². The molecular weight excluding hydrogens is 496 g/mol. The molecule has 1 amide bonds. The second-order valence-electron chi connectivity index (χ2n) is 11.2. The number of benzene rings is 2. The Labute approximate surface area is 230 Å². The van der Waals surface area contributed by atoms with Crippen LogP contribution in [0, 0.1) is 18.9 Å². The molecule has 0 unspecified atom stereocenters. The number of ether oxygens (including phenoxy) is 1. The third-order valence-electron chi connectivity index (χ3n) is 7.62. The van der Waals surface area contributed by atoms with E-state index in [2.05, 4.69) is 38.9 Å². The summed E-state index contributed by atoms with van der Waals surface area (Å²) in [7, 11) is 0. The number of hydrogen-bond donors (Lipinski definition) is 1. The number of aryl methyl sites for hydroxylation is 1. The minimum atomic E-state index is -0.496. The van der Waals surface area contributed by atoms with Crippen molar-refractivity contribution in [2.75, 3.05) is 40.9 Å². The number of hydrogen-bond acceptors (Lipinski definition) is 5. The molecule has 0 radical (unpaired) electrons. The lowest BCUT2D eigenvalue weighted by Gasteiger charge is -2.44. The molecule has 198 valence electrons. The number of nitrogens with zero attached hydrogens (tertiary/aromatic N) is 5. The van der Waals surface area contributed by atoms with E-state index in [1.165, 1.54) is 0 Å². The first-order valence-corrected chi connectivity index (χ1v) is 13.5. The van der Waals surface area contributed by atoms with Crippen LogP contribution < -0.4 is 14.7 Å². The van der Waals surface area contributed by atoms with Gasteiger partial charge in [-0.15, -0.1) is 0 Å². The van der Waals surface area contributed by atoms with Crippen molar-refractivity contribution in [2.45, 2.75) is 58.1 Å². The lowest BCUT2D eigenvalue weighted by molar-refractivity contribution is 0.0240. The fraction of sp³-hybridized carbons (Fsp3) is 0.448. The van der Waals surface area contributed by atoms with Gasteiger partial charge in [0.05, 0.1) is 6.57 Å². The molecule has 9 heteroatoms. The molecule has 3 fully saturated rings. The highest BCUT2D eigenvalue weighted by Gasteiger charge is 2.57. The second kappa shape index (κ2) is 9.59. The molecule has 2 heterocycles. The molecule has 0 aromatic heterocycles. The Hall–Kier alpha value is -3.64. The van der Waals surface area contributed by atoms with Crippen LogP contribution in [-0.2, 0) is 4.74 Å². The zero-order chi connectivity index (χ0) is 27.2. The number of rotatable bonds is 3. The monoisotopic (exact) mass is 530 g/mol. The minimum Gasteiger partial charge on any atom is -0.444 e. The number of amidine groups is 1. The van der Waals surface area contributed by atoms with E-state index in [1.807, 2.05) is 44.7 Å². The van der Waals surface area contributed by atoms with E-state index in [1.54, 1.807) is 11.0 Å². The maximum Gasteiger partial charge on any atom is 0.410 e. The molecule has 2 aliphatic heterocycles. The quantitative estimate of drug-likeness (QED) is 0.381. The van der Waals surface area contributed by atoms with Crippen LogP contribution in [0.2, 0.25) is 0 Å². The summed E-state index contributed by atoms with van der Waals surface area (Å²) >= 11 is 5.98. The molecule has 0 atom stereocenters. The predicted octanol–water partition coefficient (Wildman–Crippen LogP) is 6.11. The lowest BCUT2D eigenvalue weighted by atomic mass is 9.75. The SMILES string of the molecule is [C-]#[N+]c1ccc(N2C(=N)C3(CCC3)N(c3ccc(N4CCN(C(=O)OC(C)(C)C)CC4)cc3)C2=S)cc1C. The molecule has 1 aliphatic carbocycles. The van der Waals surface area contributed by atoms with Crippen LogP contribution in [0.4, 0.5) is 27.5 Å². The first kappa shape index (κ1) is 26.0. The second-order valence-corrected chi connectivity index (χ2v) is 11.6. The molecule has 1 saturated carbocycles. The van der Waals surface area contributed by atoms with E-state index < -0.39 is 11.1 Å². The molecular formula is C29H34N6O2S. The third-order valence-corrected chi connectivity index (χ3v) is 7.98. The molecule has 1 N–H and O–H groups in total. The van der Waals surface area contributed by atoms with Crippen LogP contribution in [0.1, 0.15) is 45.6 Å². The topological polar surface area (TPSA) is 67.5 Å². The Kier molecular flexibility index (Phi) is 6.56. The average molecular weight is 531 g/mol. The van der Waals surface area contributed by atoms with Crippen molar-refractivity contribution in [1.82, 2.24) is 4.90 Å². The molecule has 2 saturated heterocycles. The molecule has 2 aromatic rings. The van der Waals surface area contributed by atoms with Crippen LogP contribution in [0.5, 0.6) is 0 Å². The van der Waals surface area contributed by atoms with Crippen molar-refractivity contribution in [2.24, 2.45) is 0 Å². The van der Waals surface area contributed by atoms with Crippen molar-refractivity contribution in [3.8, 4) is 0 Å². The number of nitrogens with one attached hydrogen (secondary N) is 1. The van der Waals surface area contributed by atoms with E-state index in [9.17, 15) is 4.79 Å². The van der Waals surface area contributed by atoms with Crippen molar-refractivity contribution < 1.29 is 9.53 Å². The largest absolute Gasteiger partial charge is 0.444 e. The number of amides is 1. The van der Waals surface area contributed by atoms with Crippen molar-refractivity contribution >= 4 is 52.0 Å². The van der Waals surface area contributed by atoms with Gasteiger partial charge in [-0.1, -0.05) is 6.07 Å². The Morgan fingerprint density at radius 3 is 2.16 bits per heavy atom. The molecule has 38 heavy (non-hydrogen) atoms. The predicted molar refractivity (Wildman–Crippen MR) is 156 cm³/mol. The summed E-state index contributed by atoms with van der Waals surface area (Å²) in [5, 5.41) is 9.72. The summed E-state index contributed by atoms with van der Waals surface area (Å²) in [6, 6.07) is 14.0. The maximum absolute atomic E-state index is 12.4. The van der Waals surface area contributed by atoms with Gasteiger partial charge >= 0.3 is 6.09 Å². The highest BCUT2D eigenvalue weighted by molar-refractivity contribution is 7.81. The van der Waals surface area contributed by atoms with Gasteiger partial charge in [0.2, 0.25) is 0 Å². The number of thiocarbonyl (C=S) groups is 1. The Morgan fingerprint density at radius 2 is 1.63 bits per heavy atom. The van der Waals surface area contributed by atoms with Crippen LogP contribution in [0.15, 0.2) is 42.5 Å². The lowest BCUT2D eigenvalue weighted by Crippen LogP contribution is -2.55. The third kappa shape index (κ3) is 4.47. The standard InChI is InChI=1S/C29H34N6O2S/c1-20-19-23(11-12-24(20)31-5)34-25(30)29(13-6-14-29)35(26(34)38)22-9-7-21(8-10-22)32-15-17-33(18-16-32)27(36)37-28(2,3)4/h7-12,19,30H,6,13-18H2,1-4H3. The van der Waals surface area contributed by atoms with Gasteiger partial charge in [0.25, 0.3) is 0 Å². The van der Waals surface area contributed by atoms with Gasteiger partial charge in [-0.25, -0.2) is 9.64 Å². The first-order chi connectivity index (χ1) is 18.0. The Balaban J connectivity index is 1.33. The van der Waals surface area contributed by atoms with Gasteiger partial charge in [0.1, 0.15) is 17.0 Å². The molecule has 0 bridgehead atoms. The highest BCUT2D eigenvalue weighted by Crippen LogP contribution is 2.48. The van der Waals surface area contributed by atoms with Gasteiger partial charge in [-0.3, -0.25) is 10.3 Å². The van der Waals surface area contributed by atoms with Crippen molar-refractivity contribution in [3.63, 3.8) is 0 Å². The molecule has 1 spiro atoms. The Bertz CT molecular complexity index is 1310. The number of carbonyl (C=O) groups is 1. The maximum atomic E-state index is 12.4.